The van der Waals surface area contributed by atoms with Gasteiger partial charge in [0.1, 0.15) is 11.2 Å². The van der Waals surface area contributed by atoms with Crippen molar-refractivity contribution in [3.05, 3.63) is 79.8 Å². The van der Waals surface area contributed by atoms with Crippen LogP contribution in [0.1, 0.15) is 11.1 Å². The van der Waals surface area contributed by atoms with Crippen LogP contribution in [0.5, 0.6) is 11.5 Å². The summed E-state index contributed by atoms with van der Waals surface area (Å²) >= 11 is 1.24. The van der Waals surface area contributed by atoms with Gasteiger partial charge in [-0.25, -0.2) is 9.36 Å². The van der Waals surface area contributed by atoms with Gasteiger partial charge in [0.15, 0.2) is 11.5 Å². The zero-order valence-electron chi connectivity index (χ0n) is 18.7. The number of hydrogen-bond donors (Lipinski definition) is 1. The van der Waals surface area contributed by atoms with Crippen molar-refractivity contribution in [1.82, 2.24) is 9.13 Å². The fraction of sp³-hybridized carbons (Fsp3) is 0.208. The molecule has 1 N–H and O–H groups in total. The molecule has 4 aromatic rings. The Morgan fingerprint density at radius 3 is 2.45 bits per heavy atom. The Labute approximate surface area is 193 Å². The number of hydrogen-bond acceptors (Lipinski definition) is 6. The maximum atomic E-state index is 13.4. The number of carbonyl (C=O) groups excluding carboxylic acids is 1. The zero-order valence-corrected chi connectivity index (χ0v) is 19.5. The van der Waals surface area contributed by atoms with E-state index in [0.717, 1.165) is 15.7 Å². The van der Waals surface area contributed by atoms with Crippen LogP contribution < -0.4 is 26.0 Å². The van der Waals surface area contributed by atoms with Crippen molar-refractivity contribution >= 4 is 33.1 Å². The summed E-state index contributed by atoms with van der Waals surface area (Å²) in [5.74, 6) is 0.589. The van der Waals surface area contributed by atoms with Crippen molar-refractivity contribution in [1.29, 1.82) is 0 Å². The number of methoxy groups -OCH3 is 2. The molecule has 0 radical (unpaired) electrons. The maximum absolute atomic E-state index is 13.4. The third-order valence-electron chi connectivity index (χ3n) is 5.32. The van der Waals surface area contributed by atoms with E-state index in [-0.39, 0.29) is 6.54 Å². The molecule has 0 bridgehead atoms. The van der Waals surface area contributed by atoms with Gasteiger partial charge in [0.05, 0.1) is 25.4 Å². The first kappa shape index (κ1) is 22.3. The van der Waals surface area contributed by atoms with Crippen LogP contribution in [0.25, 0.3) is 15.9 Å². The quantitative estimate of drug-likeness (QED) is 0.471. The molecule has 2 aromatic carbocycles. The van der Waals surface area contributed by atoms with E-state index in [9.17, 15) is 14.4 Å². The standard InChI is InChI=1S/C24H23N3O5S/c1-14-5-7-17(15(2)11-14)27-23(29)22-18(9-10-33-22)26(24(27)30)13-21(28)25-16-6-8-19(31-3)20(12-16)32-4/h5-12H,13H2,1-4H3,(H,25,28). The van der Waals surface area contributed by atoms with Crippen molar-refractivity contribution in [2.75, 3.05) is 19.5 Å². The lowest BCUT2D eigenvalue weighted by molar-refractivity contribution is -0.116. The normalized spacial score (nSPS) is 10.9. The first-order valence-corrected chi connectivity index (χ1v) is 11.0. The Hall–Kier alpha value is -3.85. The summed E-state index contributed by atoms with van der Waals surface area (Å²) in [6.45, 7) is 3.53. The van der Waals surface area contributed by atoms with Crippen molar-refractivity contribution in [2.24, 2.45) is 0 Å². The Kier molecular flexibility index (Phi) is 6.06. The van der Waals surface area contributed by atoms with Crippen LogP contribution in [0.15, 0.2) is 57.4 Å². The lowest BCUT2D eigenvalue weighted by atomic mass is 10.1. The van der Waals surface area contributed by atoms with Crippen molar-refractivity contribution in [3.8, 4) is 17.2 Å². The average molecular weight is 466 g/mol. The van der Waals surface area contributed by atoms with Gasteiger partial charge in [-0.15, -0.1) is 11.3 Å². The van der Waals surface area contributed by atoms with Crippen molar-refractivity contribution < 1.29 is 14.3 Å². The molecule has 0 saturated heterocycles. The molecule has 0 saturated carbocycles. The van der Waals surface area contributed by atoms with Gasteiger partial charge in [0.25, 0.3) is 5.56 Å². The summed E-state index contributed by atoms with van der Waals surface area (Å²) in [4.78, 5) is 39.4. The van der Waals surface area contributed by atoms with Crippen LogP contribution in [0.2, 0.25) is 0 Å². The minimum absolute atomic E-state index is 0.258. The lowest BCUT2D eigenvalue weighted by Crippen LogP contribution is -2.40. The third kappa shape index (κ3) is 4.14. The highest BCUT2D eigenvalue weighted by atomic mass is 32.1. The number of thiophene rings is 1. The number of rotatable bonds is 6. The van der Waals surface area contributed by atoms with E-state index >= 15 is 0 Å². The van der Waals surface area contributed by atoms with Crippen molar-refractivity contribution in [2.45, 2.75) is 20.4 Å². The SMILES string of the molecule is COc1ccc(NC(=O)Cn2c(=O)n(-c3ccc(C)cc3C)c(=O)c3sccc32)cc1OC. The van der Waals surface area contributed by atoms with Crippen LogP contribution in [0, 0.1) is 13.8 Å². The van der Waals surface area contributed by atoms with Gasteiger partial charge in [-0.05, 0) is 49.1 Å². The molecule has 2 heterocycles. The highest BCUT2D eigenvalue weighted by molar-refractivity contribution is 7.17. The van der Waals surface area contributed by atoms with Crippen LogP contribution in [0.4, 0.5) is 5.69 Å². The number of aromatic nitrogens is 2. The molecule has 2 aromatic heterocycles. The highest BCUT2D eigenvalue weighted by Gasteiger charge is 2.19. The van der Waals surface area contributed by atoms with Crippen LogP contribution in [-0.4, -0.2) is 29.3 Å². The van der Waals surface area contributed by atoms with E-state index in [1.807, 2.05) is 26.0 Å². The minimum atomic E-state index is -0.569. The minimum Gasteiger partial charge on any atom is -0.493 e. The summed E-state index contributed by atoms with van der Waals surface area (Å²) in [5, 5.41) is 4.51. The molecule has 1 amide bonds. The third-order valence-corrected chi connectivity index (χ3v) is 6.21. The van der Waals surface area contributed by atoms with E-state index in [2.05, 4.69) is 5.32 Å². The average Bonchev–Trinajstić information content (AvgIpc) is 3.28. The van der Waals surface area contributed by atoms with Gasteiger partial charge in [0, 0.05) is 11.8 Å². The van der Waals surface area contributed by atoms with Gasteiger partial charge in [-0.2, -0.15) is 0 Å². The molecule has 9 heteroatoms. The number of ether oxygens (including phenoxy) is 2. The Morgan fingerprint density at radius 2 is 1.76 bits per heavy atom. The topological polar surface area (TPSA) is 91.6 Å². The van der Waals surface area contributed by atoms with E-state index < -0.39 is 17.2 Å². The van der Waals surface area contributed by atoms with Crippen LogP contribution in [-0.2, 0) is 11.3 Å². The zero-order chi connectivity index (χ0) is 23.7. The summed E-state index contributed by atoms with van der Waals surface area (Å²) in [6, 6.07) is 12.2. The predicted octanol–water partition coefficient (Wildman–Crippen LogP) is 3.49. The number of amides is 1. The van der Waals surface area contributed by atoms with Crippen LogP contribution in [0.3, 0.4) is 0 Å². The van der Waals surface area contributed by atoms with Gasteiger partial charge < -0.3 is 14.8 Å². The Bertz CT molecular complexity index is 1480. The second-order valence-electron chi connectivity index (χ2n) is 7.55. The molecular formula is C24H23N3O5S. The fourth-order valence-electron chi connectivity index (χ4n) is 3.77. The molecule has 4 rings (SSSR count). The molecule has 8 nitrogen and oxygen atoms in total. The summed E-state index contributed by atoms with van der Waals surface area (Å²) < 4.78 is 13.4. The first-order valence-electron chi connectivity index (χ1n) is 10.2. The summed E-state index contributed by atoms with van der Waals surface area (Å²) in [5.41, 5.74) is 2.28. The molecule has 170 valence electrons. The molecule has 0 spiro atoms. The number of aryl methyl sites for hydroxylation is 2. The number of fused-ring (bicyclic) bond motifs is 1. The molecule has 0 aliphatic carbocycles. The highest BCUT2D eigenvalue weighted by Crippen LogP contribution is 2.29. The Balaban J connectivity index is 1.75. The fourth-order valence-corrected chi connectivity index (χ4v) is 4.59. The van der Waals surface area contributed by atoms with E-state index in [1.165, 1.54) is 30.1 Å². The second kappa shape index (κ2) is 8.95. The second-order valence-corrected chi connectivity index (χ2v) is 8.47. The van der Waals surface area contributed by atoms with E-state index in [4.69, 9.17) is 9.47 Å². The largest absolute Gasteiger partial charge is 0.493 e. The molecule has 33 heavy (non-hydrogen) atoms. The number of nitrogens with zero attached hydrogens (tertiary/aromatic N) is 2. The molecule has 0 atom stereocenters. The molecule has 0 fully saturated rings. The van der Waals surface area contributed by atoms with Crippen LogP contribution >= 0.6 is 11.3 Å². The van der Waals surface area contributed by atoms with Gasteiger partial charge in [0.2, 0.25) is 5.91 Å². The molecule has 0 aliphatic rings. The molecule has 0 unspecified atom stereocenters. The number of benzene rings is 2. The lowest BCUT2D eigenvalue weighted by Gasteiger charge is -2.15. The number of carbonyl (C=O) groups is 1. The predicted molar refractivity (Wildman–Crippen MR) is 129 cm³/mol. The van der Waals surface area contributed by atoms with Crippen molar-refractivity contribution in [3.63, 3.8) is 0 Å². The Morgan fingerprint density at radius 1 is 1.00 bits per heavy atom. The van der Waals surface area contributed by atoms with E-state index in [1.54, 1.807) is 35.7 Å². The summed E-state index contributed by atoms with van der Waals surface area (Å²) in [6.07, 6.45) is 0. The molecular weight excluding hydrogens is 442 g/mol. The van der Waals surface area contributed by atoms with Gasteiger partial charge in [-0.1, -0.05) is 17.7 Å². The maximum Gasteiger partial charge on any atom is 0.336 e. The first-order chi connectivity index (χ1) is 15.8. The number of nitrogens with one attached hydrogen (secondary N) is 1. The monoisotopic (exact) mass is 465 g/mol. The molecule has 0 aliphatic heterocycles. The summed E-state index contributed by atoms with van der Waals surface area (Å²) in [7, 11) is 3.03. The van der Waals surface area contributed by atoms with Gasteiger partial charge >= 0.3 is 5.69 Å². The smallest absolute Gasteiger partial charge is 0.336 e. The number of anilines is 1. The van der Waals surface area contributed by atoms with Gasteiger partial charge in [-0.3, -0.25) is 14.2 Å². The van der Waals surface area contributed by atoms with E-state index in [0.29, 0.717) is 33.1 Å².